The van der Waals surface area contributed by atoms with Crippen molar-refractivity contribution < 1.29 is 13.5 Å². The van der Waals surface area contributed by atoms with Crippen molar-refractivity contribution in [1.29, 1.82) is 5.26 Å². The molecule has 3 nitrogen and oxygen atoms in total. The van der Waals surface area contributed by atoms with Crippen molar-refractivity contribution in [2.24, 2.45) is 0 Å². The lowest BCUT2D eigenvalue weighted by molar-refractivity contribution is 0.151. The summed E-state index contributed by atoms with van der Waals surface area (Å²) < 4.78 is 30.1. The van der Waals surface area contributed by atoms with Crippen molar-refractivity contribution in [2.75, 3.05) is 12.4 Å². The van der Waals surface area contributed by atoms with Gasteiger partial charge in [0.15, 0.2) is 0 Å². The van der Waals surface area contributed by atoms with Crippen LogP contribution in [0.3, 0.4) is 0 Å². The number of nitrogens with one attached hydrogen (secondary N) is 1. The Kier molecular flexibility index (Phi) is 4.72. The maximum absolute atomic E-state index is 12.5. The van der Waals surface area contributed by atoms with Crippen molar-refractivity contribution in [3.05, 3.63) is 59.7 Å². The van der Waals surface area contributed by atoms with E-state index in [2.05, 4.69) is 11.4 Å². The lowest BCUT2D eigenvalue weighted by atomic mass is 10.1. The van der Waals surface area contributed by atoms with E-state index < -0.39 is 12.5 Å². The second-order valence-electron chi connectivity index (χ2n) is 4.41. The molecule has 1 N–H and O–H groups in total. The molecule has 0 spiro atoms. The predicted molar refractivity (Wildman–Crippen MR) is 76.4 cm³/mol. The van der Waals surface area contributed by atoms with E-state index >= 15 is 0 Å². The Hall–Kier alpha value is -2.61. The minimum atomic E-state index is -2.51. The molecule has 0 fully saturated rings. The molecule has 2 aromatic rings. The van der Waals surface area contributed by atoms with Crippen LogP contribution in [-0.4, -0.2) is 7.11 Å². The fraction of sp³-hybridized carbons (Fsp3) is 0.188. The van der Waals surface area contributed by atoms with Gasteiger partial charge >= 0.3 is 0 Å². The normalized spacial score (nSPS) is 11.8. The standard InChI is InChI=1S/C16H14F2N2O/c1-21-14-4-2-3-13(9-14)20-15(10-19)11-5-7-12(8-6-11)16(17)18/h2-9,15-16,20H,1H3. The van der Waals surface area contributed by atoms with Gasteiger partial charge in [-0.25, -0.2) is 8.78 Å². The Balaban J connectivity index is 2.17. The number of benzene rings is 2. The molecule has 0 aromatic heterocycles. The number of halogens is 2. The van der Waals surface area contributed by atoms with E-state index in [1.807, 2.05) is 0 Å². The second kappa shape index (κ2) is 6.71. The van der Waals surface area contributed by atoms with Gasteiger partial charge in [-0.15, -0.1) is 0 Å². The molecule has 5 heteroatoms. The third-order valence-electron chi connectivity index (χ3n) is 3.03. The van der Waals surface area contributed by atoms with E-state index in [1.165, 1.54) is 24.3 Å². The molecule has 0 saturated heterocycles. The zero-order valence-electron chi connectivity index (χ0n) is 11.4. The van der Waals surface area contributed by atoms with Gasteiger partial charge in [0.2, 0.25) is 0 Å². The zero-order valence-corrected chi connectivity index (χ0v) is 11.4. The molecule has 0 aliphatic heterocycles. The first-order chi connectivity index (χ1) is 10.1. The summed E-state index contributed by atoms with van der Waals surface area (Å²) in [5.41, 5.74) is 1.29. The van der Waals surface area contributed by atoms with Crippen molar-refractivity contribution in [3.8, 4) is 11.8 Å². The van der Waals surface area contributed by atoms with Crippen molar-refractivity contribution in [1.82, 2.24) is 0 Å². The lowest BCUT2D eigenvalue weighted by Crippen LogP contribution is -2.08. The molecule has 0 aliphatic rings. The Morgan fingerprint density at radius 3 is 2.33 bits per heavy atom. The van der Waals surface area contributed by atoms with Crippen LogP contribution in [-0.2, 0) is 0 Å². The average Bonchev–Trinajstić information content (AvgIpc) is 2.53. The number of anilines is 1. The van der Waals surface area contributed by atoms with Gasteiger partial charge in [-0.2, -0.15) is 5.26 Å². The molecule has 0 bridgehead atoms. The van der Waals surface area contributed by atoms with Gasteiger partial charge in [0.1, 0.15) is 11.8 Å². The summed E-state index contributed by atoms with van der Waals surface area (Å²) in [6.45, 7) is 0. The van der Waals surface area contributed by atoms with E-state index in [0.717, 1.165) is 5.69 Å². The molecular formula is C16H14F2N2O. The number of hydrogen-bond acceptors (Lipinski definition) is 3. The molecule has 0 radical (unpaired) electrons. The largest absolute Gasteiger partial charge is 0.497 e. The quantitative estimate of drug-likeness (QED) is 0.891. The molecular weight excluding hydrogens is 274 g/mol. The van der Waals surface area contributed by atoms with Gasteiger partial charge in [-0.3, -0.25) is 0 Å². The molecule has 1 unspecified atom stereocenters. The van der Waals surface area contributed by atoms with Crippen LogP contribution in [0.1, 0.15) is 23.6 Å². The van der Waals surface area contributed by atoms with Gasteiger partial charge < -0.3 is 10.1 Å². The second-order valence-corrected chi connectivity index (χ2v) is 4.41. The molecule has 0 aliphatic carbocycles. The van der Waals surface area contributed by atoms with Crippen LogP contribution in [0, 0.1) is 11.3 Å². The van der Waals surface area contributed by atoms with Crippen molar-refractivity contribution >= 4 is 5.69 Å². The highest BCUT2D eigenvalue weighted by atomic mass is 19.3. The zero-order chi connectivity index (χ0) is 15.2. The molecule has 2 aromatic carbocycles. The monoisotopic (exact) mass is 288 g/mol. The first-order valence-corrected chi connectivity index (χ1v) is 6.32. The summed E-state index contributed by atoms with van der Waals surface area (Å²) in [6, 6.07) is 14.4. The smallest absolute Gasteiger partial charge is 0.263 e. The van der Waals surface area contributed by atoms with Crippen LogP contribution in [0.4, 0.5) is 14.5 Å². The molecule has 0 saturated carbocycles. The van der Waals surface area contributed by atoms with Crippen LogP contribution < -0.4 is 10.1 Å². The summed E-state index contributed by atoms with van der Waals surface area (Å²) in [5.74, 6) is 0.671. The van der Waals surface area contributed by atoms with E-state index in [4.69, 9.17) is 4.74 Å². The van der Waals surface area contributed by atoms with Crippen LogP contribution in [0.5, 0.6) is 5.75 Å². The highest BCUT2D eigenvalue weighted by Gasteiger charge is 2.12. The third kappa shape index (κ3) is 3.69. The maximum Gasteiger partial charge on any atom is 0.263 e. The van der Waals surface area contributed by atoms with Gasteiger partial charge in [0.05, 0.1) is 13.2 Å². The number of hydrogen-bond donors (Lipinski definition) is 1. The van der Waals surface area contributed by atoms with Gasteiger partial charge in [0.25, 0.3) is 6.43 Å². The highest BCUT2D eigenvalue weighted by molar-refractivity contribution is 5.51. The Bertz CT molecular complexity index is 635. The average molecular weight is 288 g/mol. The molecule has 108 valence electrons. The Morgan fingerprint density at radius 2 is 1.76 bits per heavy atom. The van der Waals surface area contributed by atoms with Crippen LogP contribution >= 0.6 is 0 Å². The Morgan fingerprint density at radius 1 is 1.10 bits per heavy atom. The van der Waals surface area contributed by atoms with Crippen molar-refractivity contribution in [2.45, 2.75) is 12.5 Å². The lowest BCUT2D eigenvalue weighted by Gasteiger charge is -2.14. The fourth-order valence-corrected chi connectivity index (χ4v) is 1.90. The summed E-state index contributed by atoms with van der Waals surface area (Å²) in [7, 11) is 1.56. The summed E-state index contributed by atoms with van der Waals surface area (Å²) in [6.07, 6.45) is -2.51. The highest BCUT2D eigenvalue weighted by Crippen LogP contribution is 2.25. The maximum atomic E-state index is 12.5. The van der Waals surface area contributed by atoms with Crippen LogP contribution in [0.2, 0.25) is 0 Å². The number of alkyl halides is 2. The van der Waals surface area contributed by atoms with Gasteiger partial charge in [-0.1, -0.05) is 30.3 Å². The number of ether oxygens (including phenoxy) is 1. The first-order valence-electron chi connectivity index (χ1n) is 6.32. The Labute approximate surface area is 121 Å². The topological polar surface area (TPSA) is 45.0 Å². The van der Waals surface area contributed by atoms with Crippen molar-refractivity contribution in [3.63, 3.8) is 0 Å². The third-order valence-corrected chi connectivity index (χ3v) is 3.03. The molecule has 0 amide bonds. The number of nitrogens with zero attached hydrogens (tertiary/aromatic N) is 1. The minimum absolute atomic E-state index is 0.0585. The molecule has 2 rings (SSSR count). The number of nitriles is 1. The van der Waals surface area contributed by atoms with E-state index in [0.29, 0.717) is 11.3 Å². The van der Waals surface area contributed by atoms with Crippen LogP contribution in [0.15, 0.2) is 48.5 Å². The number of rotatable bonds is 5. The number of methoxy groups -OCH3 is 1. The SMILES string of the molecule is COc1cccc(NC(C#N)c2ccc(C(F)F)cc2)c1. The van der Waals surface area contributed by atoms with Gasteiger partial charge in [0, 0.05) is 17.3 Å². The molecule has 21 heavy (non-hydrogen) atoms. The molecule has 0 heterocycles. The summed E-state index contributed by atoms with van der Waals surface area (Å²) in [4.78, 5) is 0. The van der Waals surface area contributed by atoms with E-state index in [9.17, 15) is 14.0 Å². The minimum Gasteiger partial charge on any atom is -0.497 e. The fourth-order valence-electron chi connectivity index (χ4n) is 1.90. The van der Waals surface area contributed by atoms with Gasteiger partial charge in [-0.05, 0) is 17.7 Å². The van der Waals surface area contributed by atoms with E-state index in [1.54, 1.807) is 31.4 Å². The summed E-state index contributed by atoms with van der Waals surface area (Å²) >= 11 is 0. The summed E-state index contributed by atoms with van der Waals surface area (Å²) in [5, 5.41) is 12.3. The van der Waals surface area contributed by atoms with E-state index in [-0.39, 0.29) is 5.56 Å². The molecule has 1 atom stereocenters. The first kappa shape index (κ1) is 14.8. The predicted octanol–water partition coefficient (Wildman–Crippen LogP) is 4.31. The van der Waals surface area contributed by atoms with Crippen LogP contribution in [0.25, 0.3) is 0 Å².